The Labute approximate surface area is 81.1 Å². The number of hydrogen-bond acceptors (Lipinski definition) is 4. The number of rotatable bonds is 0. The van der Waals surface area contributed by atoms with Crippen LogP contribution >= 0.6 is 11.3 Å². The normalized spacial score (nSPS) is 30.8. The summed E-state index contributed by atoms with van der Waals surface area (Å²) in [6.45, 7) is 3.69. The molecule has 0 aliphatic carbocycles. The van der Waals surface area contributed by atoms with E-state index in [0.717, 1.165) is 10.6 Å². The van der Waals surface area contributed by atoms with E-state index in [1.165, 1.54) is 11.3 Å². The van der Waals surface area contributed by atoms with Crippen molar-refractivity contribution in [3.63, 3.8) is 0 Å². The van der Waals surface area contributed by atoms with E-state index in [1.54, 1.807) is 0 Å². The molecule has 1 aromatic rings. The number of hydrogen-bond donors (Lipinski definition) is 2. The Morgan fingerprint density at radius 2 is 2.31 bits per heavy atom. The predicted octanol–water partition coefficient (Wildman–Crippen LogP) is 1.28. The molecular weight excluding hydrogens is 186 g/mol. The highest BCUT2D eigenvalue weighted by molar-refractivity contribution is 7.10. The van der Waals surface area contributed by atoms with Crippen molar-refractivity contribution in [1.82, 2.24) is 0 Å². The Kier molecular flexibility index (Phi) is 1.87. The van der Waals surface area contributed by atoms with E-state index in [2.05, 4.69) is 0 Å². The van der Waals surface area contributed by atoms with E-state index in [1.807, 2.05) is 25.3 Å². The molecule has 0 bridgehead atoms. The van der Waals surface area contributed by atoms with Gasteiger partial charge in [0.05, 0.1) is 10.9 Å². The van der Waals surface area contributed by atoms with Crippen LogP contribution in [-0.2, 0) is 0 Å². The van der Waals surface area contributed by atoms with Gasteiger partial charge in [0.1, 0.15) is 17.5 Å². The van der Waals surface area contributed by atoms with Gasteiger partial charge in [0, 0.05) is 0 Å². The van der Waals surface area contributed by atoms with Gasteiger partial charge >= 0.3 is 0 Å². The summed E-state index contributed by atoms with van der Waals surface area (Å²) in [7, 11) is 0. The number of thiophene rings is 1. The summed E-state index contributed by atoms with van der Waals surface area (Å²) in [5.74, 6) is 0.813. The predicted molar refractivity (Wildman–Crippen MR) is 52.0 cm³/mol. The van der Waals surface area contributed by atoms with E-state index in [4.69, 9.17) is 10.5 Å². The van der Waals surface area contributed by atoms with Crippen molar-refractivity contribution in [1.29, 1.82) is 0 Å². The minimum absolute atomic E-state index is 0.321. The first-order chi connectivity index (χ1) is 6.02. The molecule has 13 heavy (non-hydrogen) atoms. The smallest absolute Gasteiger partial charge is 0.135 e. The molecule has 0 amide bonds. The van der Waals surface area contributed by atoms with Gasteiger partial charge in [0.2, 0.25) is 0 Å². The lowest BCUT2D eigenvalue weighted by molar-refractivity contribution is -0.0556. The molecule has 3 N–H and O–H groups in total. The fourth-order valence-corrected chi connectivity index (χ4v) is 2.41. The lowest BCUT2D eigenvalue weighted by Crippen LogP contribution is -2.50. The molecule has 72 valence electrons. The Bertz CT molecular complexity index is 321. The third-order valence-corrected chi connectivity index (χ3v) is 3.38. The highest BCUT2D eigenvalue weighted by Gasteiger charge is 2.41. The van der Waals surface area contributed by atoms with Gasteiger partial charge in [-0.25, -0.2) is 0 Å². The number of nitrogens with two attached hydrogens (primary N) is 1. The van der Waals surface area contributed by atoms with Gasteiger partial charge in [-0.1, -0.05) is 0 Å². The van der Waals surface area contributed by atoms with E-state index in [9.17, 15) is 5.11 Å². The van der Waals surface area contributed by atoms with Crippen LogP contribution in [0.4, 0.5) is 0 Å². The van der Waals surface area contributed by atoms with Gasteiger partial charge in [-0.05, 0) is 25.3 Å². The summed E-state index contributed by atoms with van der Waals surface area (Å²) < 4.78 is 5.62. The molecule has 1 aromatic heterocycles. The summed E-state index contributed by atoms with van der Waals surface area (Å²) in [6, 6.07) is 1.58. The maximum absolute atomic E-state index is 9.83. The molecule has 0 aromatic carbocycles. The van der Waals surface area contributed by atoms with Gasteiger partial charge in [-0.2, -0.15) is 0 Å². The second-order valence-corrected chi connectivity index (χ2v) is 4.77. The Hall–Kier alpha value is -0.580. The van der Waals surface area contributed by atoms with E-state index >= 15 is 0 Å². The molecule has 0 unspecified atom stereocenters. The largest absolute Gasteiger partial charge is 0.484 e. The first-order valence-corrected chi connectivity index (χ1v) is 5.10. The molecule has 2 heterocycles. The van der Waals surface area contributed by atoms with E-state index in [0.29, 0.717) is 0 Å². The van der Waals surface area contributed by atoms with Crippen molar-refractivity contribution in [2.75, 3.05) is 0 Å². The molecule has 0 spiro atoms. The molecule has 1 aliphatic rings. The maximum atomic E-state index is 9.83. The van der Waals surface area contributed by atoms with Crippen LogP contribution < -0.4 is 10.5 Å². The minimum Gasteiger partial charge on any atom is -0.484 e. The van der Waals surface area contributed by atoms with Crippen molar-refractivity contribution in [2.45, 2.75) is 31.6 Å². The molecule has 3 nitrogen and oxygen atoms in total. The number of fused-ring (bicyclic) bond motifs is 1. The summed E-state index contributed by atoms with van der Waals surface area (Å²) >= 11 is 1.53. The van der Waals surface area contributed by atoms with Crippen LogP contribution in [0.15, 0.2) is 11.4 Å². The number of ether oxygens (including phenoxy) is 1. The van der Waals surface area contributed by atoms with Crippen LogP contribution in [0.2, 0.25) is 0 Å². The van der Waals surface area contributed by atoms with Crippen LogP contribution in [0.5, 0.6) is 5.75 Å². The minimum atomic E-state index is -0.640. The lowest BCUT2D eigenvalue weighted by atomic mass is 9.91. The third kappa shape index (κ3) is 1.25. The van der Waals surface area contributed by atoms with E-state index < -0.39 is 11.7 Å². The van der Waals surface area contributed by atoms with Gasteiger partial charge in [-0.15, -0.1) is 11.3 Å². The fraction of sp³-hybridized carbons (Fsp3) is 0.556. The monoisotopic (exact) mass is 199 g/mol. The summed E-state index contributed by atoms with van der Waals surface area (Å²) in [5.41, 5.74) is 5.30. The van der Waals surface area contributed by atoms with Crippen molar-refractivity contribution in [2.24, 2.45) is 5.73 Å². The number of aliphatic hydroxyl groups is 1. The summed E-state index contributed by atoms with van der Waals surface area (Å²) in [4.78, 5) is 0.937. The summed E-state index contributed by atoms with van der Waals surface area (Å²) in [6.07, 6.45) is -0.640. The second kappa shape index (κ2) is 2.70. The third-order valence-electron chi connectivity index (χ3n) is 2.39. The molecule has 0 saturated carbocycles. The average Bonchev–Trinajstić information content (AvgIpc) is 2.47. The van der Waals surface area contributed by atoms with Crippen LogP contribution in [0.3, 0.4) is 0 Å². The Morgan fingerprint density at radius 1 is 1.62 bits per heavy atom. The maximum Gasteiger partial charge on any atom is 0.135 e. The molecule has 1 aliphatic heterocycles. The van der Waals surface area contributed by atoms with Crippen molar-refractivity contribution < 1.29 is 9.84 Å². The highest BCUT2D eigenvalue weighted by atomic mass is 32.1. The zero-order valence-electron chi connectivity index (χ0n) is 7.65. The molecule has 0 radical (unpaired) electrons. The number of aliphatic hydroxyl groups excluding tert-OH is 1. The first-order valence-electron chi connectivity index (χ1n) is 4.22. The zero-order chi connectivity index (χ0) is 9.64. The van der Waals surface area contributed by atoms with Gasteiger partial charge in [-0.3, -0.25) is 0 Å². The molecule has 4 heteroatoms. The molecule has 0 fully saturated rings. The van der Waals surface area contributed by atoms with Crippen LogP contribution in [0, 0.1) is 0 Å². The lowest BCUT2D eigenvalue weighted by Gasteiger charge is -2.39. The fourth-order valence-electron chi connectivity index (χ4n) is 1.56. The summed E-state index contributed by atoms with van der Waals surface area (Å²) in [5, 5.41) is 11.8. The van der Waals surface area contributed by atoms with Gasteiger partial charge in [0.15, 0.2) is 0 Å². The Morgan fingerprint density at radius 3 is 3.00 bits per heavy atom. The quantitative estimate of drug-likeness (QED) is 0.661. The first kappa shape index (κ1) is 8.99. The topological polar surface area (TPSA) is 55.5 Å². The standard InChI is InChI=1S/C9H13NO2S/c1-9(2)8(11)6(10)7-5(12-9)3-4-13-7/h3-4,6,8,11H,10H2,1-2H3/t6-,8+/m1/s1. The van der Waals surface area contributed by atoms with Gasteiger partial charge in [0.25, 0.3) is 0 Å². The van der Waals surface area contributed by atoms with Crippen LogP contribution in [-0.4, -0.2) is 16.8 Å². The molecular formula is C9H13NO2S. The van der Waals surface area contributed by atoms with Crippen molar-refractivity contribution in [3.05, 3.63) is 16.3 Å². The van der Waals surface area contributed by atoms with Crippen LogP contribution in [0.25, 0.3) is 0 Å². The Balaban J connectivity index is 2.44. The molecule has 2 rings (SSSR count). The van der Waals surface area contributed by atoms with Crippen molar-refractivity contribution >= 4 is 11.3 Å². The zero-order valence-corrected chi connectivity index (χ0v) is 8.47. The highest BCUT2D eigenvalue weighted by Crippen LogP contribution is 2.41. The average molecular weight is 199 g/mol. The molecule has 0 saturated heterocycles. The van der Waals surface area contributed by atoms with Crippen LogP contribution in [0.1, 0.15) is 24.8 Å². The van der Waals surface area contributed by atoms with Crippen molar-refractivity contribution in [3.8, 4) is 5.75 Å². The van der Waals surface area contributed by atoms with Gasteiger partial charge < -0.3 is 15.6 Å². The second-order valence-electron chi connectivity index (χ2n) is 3.83. The van der Waals surface area contributed by atoms with E-state index in [-0.39, 0.29) is 6.04 Å². The molecule has 2 atom stereocenters. The SMILES string of the molecule is CC1(C)Oc2ccsc2[C@@H](N)[C@@H]1O.